The Bertz CT molecular complexity index is 470. The summed E-state index contributed by atoms with van der Waals surface area (Å²) in [6.45, 7) is 9.32. The molecule has 6 heteroatoms. The third-order valence-corrected chi connectivity index (χ3v) is 5.00. The van der Waals surface area contributed by atoms with Crippen molar-refractivity contribution < 1.29 is 9.84 Å². The Labute approximate surface area is 131 Å². The van der Waals surface area contributed by atoms with Crippen molar-refractivity contribution >= 4 is 11.6 Å². The van der Waals surface area contributed by atoms with Gasteiger partial charge < -0.3 is 15.2 Å². The summed E-state index contributed by atoms with van der Waals surface area (Å²) in [5.41, 5.74) is 1.84. The highest BCUT2D eigenvalue weighted by Gasteiger charge is 2.32. The van der Waals surface area contributed by atoms with Crippen molar-refractivity contribution in [1.29, 1.82) is 0 Å². The Morgan fingerprint density at radius 1 is 1.43 bits per heavy atom. The van der Waals surface area contributed by atoms with Crippen LogP contribution in [0.5, 0.6) is 0 Å². The standard InChI is InChI=1S/C15H26ClN3O2/c1-11(8-19-13(3)14(16)12(2)18-19)17-9-15(10-20)4-6-21-7-5-15/h11,17,20H,4-10H2,1-3H3/t11-/m0/s1. The Balaban J connectivity index is 1.89. The molecule has 120 valence electrons. The highest BCUT2D eigenvalue weighted by molar-refractivity contribution is 6.31. The van der Waals surface area contributed by atoms with E-state index in [1.807, 2.05) is 18.5 Å². The van der Waals surface area contributed by atoms with Gasteiger partial charge >= 0.3 is 0 Å². The predicted molar refractivity (Wildman–Crippen MR) is 83.7 cm³/mol. The third kappa shape index (κ3) is 3.97. The molecule has 0 amide bonds. The molecule has 1 atom stereocenters. The minimum atomic E-state index is -0.0424. The maximum atomic E-state index is 9.70. The number of aliphatic hydroxyl groups excluding tert-OH is 1. The van der Waals surface area contributed by atoms with Crippen LogP contribution in [0.2, 0.25) is 5.02 Å². The van der Waals surface area contributed by atoms with Crippen LogP contribution in [-0.2, 0) is 11.3 Å². The minimum absolute atomic E-state index is 0.0424. The van der Waals surface area contributed by atoms with Crippen LogP contribution in [0.3, 0.4) is 0 Å². The molecule has 0 aromatic carbocycles. The van der Waals surface area contributed by atoms with Crippen molar-refractivity contribution in [2.24, 2.45) is 5.41 Å². The molecule has 1 aliphatic heterocycles. The molecule has 0 aliphatic carbocycles. The quantitative estimate of drug-likeness (QED) is 0.842. The Morgan fingerprint density at radius 3 is 2.62 bits per heavy atom. The fourth-order valence-electron chi connectivity index (χ4n) is 2.76. The fourth-order valence-corrected chi connectivity index (χ4v) is 2.90. The Hall–Kier alpha value is -0.620. The van der Waals surface area contributed by atoms with Gasteiger partial charge in [-0.2, -0.15) is 5.10 Å². The highest BCUT2D eigenvalue weighted by Crippen LogP contribution is 2.29. The van der Waals surface area contributed by atoms with Crippen LogP contribution in [0.4, 0.5) is 0 Å². The van der Waals surface area contributed by atoms with Gasteiger partial charge in [0.05, 0.1) is 29.6 Å². The molecule has 1 aromatic rings. The highest BCUT2D eigenvalue weighted by atomic mass is 35.5. The lowest BCUT2D eigenvalue weighted by Gasteiger charge is -2.36. The van der Waals surface area contributed by atoms with Gasteiger partial charge in [-0.1, -0.05) is 11.6 Å². The van der Waals surface area contributed by atoms with E-state index >= 15 is 0 Å². The van der Waals surface area contributed by atoms with Gasteiger partial charge in [0.2, 0.25) is 0 Å². The van der Waals surface area contributed by atoms with Crippen LogP contribution in [0, 0.1) is 19.3 Å². The van der Waals surface area contributed by atoms with Crippen LogP contribution in [0.15, 0.2) is 0 Å². The number of nitrogens with zero attached hydrogens (tertiary/aromatic N) is 2. The average molecular weight is 316 g/mol. The minimum Gasteiger partial charge on any atom is -0.396 e. The van der Waals surface area contributed by atoms with Crippen LogP contribution in [-0.4, -0.2) is 47.3 Å². The molecule has 0 spiro atoms. The molecule has 2 heterocycles. The summed E-state index contributed by atoms with van der Waals surface area (Å²) in [5, 5.41) is 18.4. The summed E-state index contributed by atoms with van der Waals surface area (Å²) in [7, 11) is 0. The fraction of sp³-hybridized carbons (Fsp3) is 0.800. The molecule has 0 bridgehead atoms. The van der Waals surface area contributed by atoms with Gasteiger partial charge in [-0.3, -0.25) is 4.68 Å². The molecule has 1 saturated heterocycles. The number of hydrogen-bond donors (Lipinski definition) is 2. The summed E-state index contributed by atoms with van der Waals surface area (Å²) in [5.74, 6) is 0. The molecule has 5 nitrogen and oxygen atoms in total. The molecule has 2 N–H and O–H groups in total. The second kappa shape index (κ2) is 7.09. The lowest BCUT2D eigenvalue weighted by molar-refractivity contribution is -0.0165. The maximum absolute atomic E-state index is 9.70. The summed E-state index contributed by atoms with van der Waals surface area (Å²) in [4.78, 5) is 0. The van der Waals surface area contributed by atoms with Crippen molar-refractivity contribution in [2.75, 3.05) is 26.4 Å². The summed E-state index contributed by atoms with van der Waals surface area (Å²) >= 11 is 6.17. The topological polar surface area (TPSA) is 59.3 Å². The van der Waals surface area contributed by atoms with E-state index in [9.17, 15) is 5.11 Å². The Morgan fingerprint density at radius 2 is 2.10 bits per heavy atom. The lowest BCUT2D eigenvalue weighted by Crippen LogP contribution is -2.45. The van der Waals surface area contributed by atoms with Crippen LogP contribution < -0.4 is 5.32 Å². The maximum Gasteiger partial charge on any atom is 0.0844 e. The zero-order chi connectivity index (χ0) is 15.5. The average Bonchev–Trinajstić information content (AvgIpc) is 2.73. The smallest absolute Gasteiger partial charge is 0.0844 e. The van der Waals surface area contributed by atoms with Crippen molar-refractivity contribution in [1.82, 2.24) is 15.1 Å². The van der Waals surface area contributed by atoms with Crippen LogP contribution in [0.1, 0.15) is 31.2 Å². The van der Waals surface area contributed by atoms with E-state index in [-0.39, 0.29) is 18.1 Å². The van der Waals surface area contributed by atoms with Gasteiger partial charge in [0, 0.05) is 31.2 Å². The van der Waals surface area contributed by atoms with Crippen LogP contribution in [0.25, 0.3) is 0 Å². The summed E-state index contributed by atoms with van der Waals surface area (Å²) in [6, 6.07) is 0.269. The number of ether oxygens (including phenoxy) is 1. The number of halogens is 1. The lowest BCUT2D eigenvalue weighted by atomic mass is 9.81. The molecule has 0 saturated carbocycles. The van der Waals surface area contributed by atoms with Gasteiger partial charge in [-0.25, -0.2) is 0 Å². The molecule has 0 unspecified atom stereocenters. The van der Waals surface area contributed by atoms with E-state index in [1.54, 1.807) is 0 Å². The number of aromatic nitrogens is 2. The van der Waals surface area contributed by atoms with Gasteiger partial charge in [-0.05, 0) is 33.6 Å². The zero-order valence-corrected chi connectivity index (χ0v) is 13.9. The van der Waals surface area contributed by atoms with E-state index in [1.165, 1.54) is 0 Å². The molecule has 0 radical (unpaired) electrons. The number of rotatable bonds is 6. The zero-order valence-electron chi connectivity index (χ0n) is 13.2. The van der Waals surface area contributed by atoms with Crippen molar-refractivity contribution in [3.05, 3.63) is 16.4 Å². The molecular formula is C15H26ClN3O2. The molecule has 1 fully saturated rings. The molecule has 2 rings (SSSR count). The SMILES string of the molecule is Cc1nn(C[C@H](C)NCC2(CO)CCOCC2)c(C)c1Cl. The second-order valence-corrected chi connectivity index (χ2v) is 6.60. The summed E-state index contributed by atoms with van der Waals surface area (Å²) < 4.78 is 7.34. The summed E-state index contributed by atoms with van der Waals surface area (Å²) in [6.07, 6.45) is 1.82. The van der Waals surface area contributed by atoms with E-state index in [4.69, 9.17) is 16.3 Å². The number of aryl methyl sites for hydroxylation is 1. The number of aliphatic hydroxyl groups is 1. The number of hydrogen-bond acceptors (Lipinski definition) is 4. The predicted octanol–water partition coefficient (Wildman–Crippen LogP) is 1.92. The van der Waals surface area contributed by atoms with Crippen molar-refractivity contribution in [3.63, 3.8) is 0 Å². The van der Waals surface area contributed by atoms with Gasteiger partial charge in [-0.15, -0.1) is 0 Å². The Kier molecular flexibility index (Phi) is 5.66. The van der Waals surface area contributed by atoms with Crippen molar-refractivity contribution in [2.45, 2.75) is 46.2 Å². The monoisotopic (exact) mass is 315 g/mol. The number of nitrogens with one attached hydrogen (secondary N) is 1. The van der Waals surface area contributed by atoms with E-state index < -0.39 is 0 Å². The first-order valence-electron chi connectivity index (χ1n) is 7.59. The molecule has 21 heavy (non-hydrogen) atoms. The first kappa shape index (κ1) is 16.7. The van der Waals surface area contributed by atoms with Gasteiger partial charge in [0.15, 0.2) is 0 Å². The largest absolute Gasteiger partial charge is 0.396 e. The van der Waals surface area contributed by atoms with Crippen molar-refractivity contribution in [3.8, 4) is 0 Å². The molecular weight excluding hydrogens is 290 g/mol. The van der Waals surface area contributed by atoms with Gasteiger partial charge in [0.25, 0.3) is 0 Å². The molecule has 1 aromatic heterocycles. The first-order chi connectivity index (χ1) is 9.97. The second-order valence-electron chi connectivity index (χ2n) is 6.22. The first-order valence-corrected chi connectivity index (χ1v) is 7.97. The van der Waals surface area contributed by atoms with E-state index in [0.29, 0.717) is 0 Å². The molecule has 1 aliphatic rings. The van der Waals surface area contributed by atoms with Crippen LogP contribution >= 0.6 is 11.6 Å². The van der Waals surface area contributed by atoms with Gasteiger partial charge in [0.1, 0.15) is 0 Å². The van der Waals surface area contributed by atoms with E-state index in [0.717, 1.165) is 55.6 Å². The third-order valence-electron chi connectivity index (χ3n) is 4.45. The van der Waals surface area contributed by atoms with E-state index in [2.05, 4.69) is 17.3 Å². The normalized spacial score (nSPS) is 19.7.